The molecule has 0 saturated heterocycles. The third-order valence-electron chi connectivity index (χ3n) is 5.43. The number of para-hydroxylation sites is 3. The van der Waals surface area contributed by atoms with E-state index in [1.54, 1.807) is 0 Å². The molecule has 0 radical (unpaired) electrons. The second-order valence-corrected chi connectivity index (χ2v) is 8.85. The highest BCUT2D eigenvalue weighted by Gasteiger charge is 2.25. The predicted octanol–water partition coefficient (Wildman–Crippen LogP) is 4.51. The number of nitrogens with zero attached hydrogens (tertiary/aromatic N) is 3. The maximum atomic E-state index is 6.17. The molecule has 0 bridgehead atoms. The molecule has 0 N–H and O–H groups in total. The van der Waals surface area contributed by atoms with Crippen LogP contribution in [-0.4, -0.2) is 38.7 Å². The Balaban J connectivity index is 1.58. The third-order valence-corrected chi connectivity index (χ3v) is 5.43. The summed E-state index contributed by atoms with van der Waals surface area (Å²) in [5, 5.41) is 1.24. The molecule has 4 nitrogen and oxygen atoms in total. The smallest absolute Gasteiger partial charge is 0.212 e. The molecule has 0 fully saturated rings. The SMILES string of the molecule is C[n+]1ccc(/C=C\C=C2\Oc3ccccc3N2CCC[N+](C)(C)C)c2ccccc21. The van der Waals surface area contributed by atoms with Crippen LogP contribution in [0.1, 0.15) is 12.0 Å². The summed E-state index contributed by atoms with van der Waals surface area (Å²) >= 11 is 0. The summed E-state index contributed by atoms with van der Waals surface area (Å²) in [6, 6.07) is 18.9. The first-order chi connectivity index (χ1) is 14.4. The zero-order chi connectivity index (χ0) is 21.1. The number of pyridine rings is 1. The summed E-state index contributed by atoms with van der Waals surface area (Å²) in [6.45, 7) is 2.06. The lowest BCUT2D eigenvalue weighted by atomic mass is 10.1. The third kappa shape index (κ3) is 4.39. The van der Waals surface area contributed by atoms with E-state index >= 15 is 0 Å². The fraction of sp³-hybridized carbons (Fsp3) is 0.269. The first-order valence-electron chi connectivity index (χ1n) is 10.5. The van der Waals surface area contributed by atoms with Crippen molar-refractivity contribution in [2.45, 2.75) is 6.42 Å². The summed E-state index contributed by atoms with van der Waals surface area (Å²) in [5.41, 5.74) is 3.57. The Kier molecular flexibility index (Phi) is 5.60. The minimum atomic E-state index is 0.889. The Morgan fingerprint density at radius 3 is 2.60 bits per heavy atom. The molecule has 0 amide bonds. The number of hydrogen-bond acceptors (Lipinski definition) is 2. The molecule has 4 heteroatoms. The van der Waals surface area contributed by atoms with Gasteiger partial charge in [-0.25, -0.2) is 4.57 Å². The monoisotopic (exact) mass is 401 g/mol. The van der Waals surface area contributed by atoms with Crippen LogP contribution >= 0.6 is 0 Å². The minimum Gasteiger partial charge on any atom is -0.439 e. The van der Waals surface area contributed by atoms with E-state index in [-0.39, 0.29) is 0 Å². The van der Waals surface area contributed by atoms with Crippen LogP contribution in [0.5, 0.6) is 5.75 Å². The molecular weight excluding hydrogens is 370 g/mol. The van der Waals surface area contributed by atoms with E-state index in [4.69, 9.17) is 4.74 Å². The average Bonchev–Trinajstić information content (AvgIpc) is 3.07. The number of hydrogen-bond donors (Lipinski definition) is 0. The van der Waals surface area contributed by atoms with Gasteiger partial charge in [0, 0.05) is 25.1 Å². The molecule has 30 heavy (non-hydrogen) atoms. The van der Waals surface area contributed by atoms with E-state index in [0.717, 1.165) is 41.3 Å². The number of quaternary nitrogens is 1. The Morgan fingerprint density at radius 2 is 1.77 bits per heavy atom. The maximum Gasteiger partial charge on any atom is 0.212 e. The van der Waals surface area contributed by atoms with E-state index < -0.39 is 0 Å². The van der Waals surface area contributed by atoms with Gasteiger partial charge in [0.1, 0.15) is 7.05 Å². The van der Waals surface area contributed by atoms with Crippen molar-refractivity contribution in [2.75, 3.05) is 39.1 Å². The fourth-order valence-electron chi connectivity index (χ4n) is 3.88. The average molecular weight is 402 g/mol. The summed E-state index contributed by atoms with van der Waals surface area (Å²) in [4.78, 5) is 2.29. The van der Waals surface area contributed by atoms with Gasteiger partial charge in [0.05, 0.1) is 38.8 Å². The van der Waals surface area contributed by atoms with Crippen LogP contribution in [0.25, 0.3) is 17.0 Å². The van der Waals surface area contributed by atoms with Gasteiger partial charge in [0.25, 0.3) is 0 Å². The molecule has 154 valence electrons. The lowest BCUT2D eigenvalue weighted by Gasteiger charge is -2.25. The lowest BCUT2D eigenvalue weighted by molar-refractivity contribution is -0.870. The Labute approximate surface area is 179 Å². The highest BCUT2D eigenvalue weighted by atomic mass is 16.5. The molecule has 2 heterocycles. The van der Waals surface area contributed by atoms with Crippen molar-refractivity contribution < 1.29 is 13.8 Å². The number of aromatic nitrogens is 1. The van der Waals surface area contributed by atoms with Crippen molar-refractivity contribution in [3.63, 3.8) is 0 Å². The van der Waals surface area contributed by atoms with Gasteiger partial charge in [0.15, 0.2) is 11.9 Å². The van der Waals surface area contributed by atoms with Crippen molar-refractivity contribution in [1.82, 2.24) is 0 Å². The number of rotatable bonds is 6. The summed E-state index contributed by atoms with van der Waals surface area (Å²) in [6.07, 6.45) is 9.53. The van der Waals surface area contributed by atoms with Gasteiger partial charge >= 0.3 is 0 Å². The van der Waals surface area contributed by atoms with Crippen LogP contribution < -0.4 is 14.2 Å². The van der Waals surface area contributed by atoms with Crippen LogP contribution in [-0.2, 0) is 7.05 Å². The van der Waals surface area contributed by atoms with Crippen LogP contribution in [0.15, 0.2) is 78.8 Å². The molecule has 0 spiro atoms. The van der Waals surface area contributed by atoms with Gasteiger partial charge in [-0.1, -0.05) is 36.4 Å². The van der Waals surface area contributed by atoms with Crippen molar-refractivity contribution in [2.24, 2.45) is 7.05 Å². The van der Waals surface area contributed by atoms with Crippen LogP contribution in [0, 0.1) is 0 Å². The van der Waals surface area contributed by atoms with Crippen LogP contribution in [0.4, 0.5) is 5.69 Å². The number of aryl methyl sites for hydroxylation is 1. The van der Waals surface area contributed by atoms with Gasteiger partial charge in [-0.15, -0.1) is 0 Å². The maximum absolute atomic E-state index is 6.17. The van der Waals surface area contributed by atoms with Crippen molar-refractivity contribution in [3.05, 3.63) is 84.4 Å². The van der Waals surface area contributed by atoms with Gasteiger partial charge in [-0.2, -0.15) is 0 Å². The number of anilines is 1. The second kappa shape index (κ2) is 8.33. The Hall–Kier alpha value is -3.11. The zero-order valence-corrected chi connectivity index (χ0v) is 18.4. The van der Waals surface area contributed by atoms with Crippen molar-refractivity contribution >= 4 is 22.7 Å². The molecule has 1 aliphatic rings. The Morgan fingerprint density at radius 1 is 1.00 bits per heavy atom. The number of fused-ring (bicyclic) bond motifs is 2. The fourth-order valence-corrected chi connectivity index (χ4v) is 3.88. The topological polar surface area (TPSA) is 16.4 Å². The van der Waals surface area contributed by atoms with Crippen molar-refractivity contribution in [1.29, 1.82) is 0 Å². The van der Waals surface area contributed by atoms with E-state index in [0.29, 0.717) is 0 Å². The highest BCUT2D eigenvalue weighted by Crippen LogP contribution is 2.38. The summed E-state index contributed by atoms with van der Waals surface area (Å²) in [5.74, 6) is 1.82. The number of benzene rings is 2. The summed E-state index contributed by atoms with van der Waals surface area (Å²) < 4.78 is 9.29. The molecule has 4 rings (SSSR count). The first-order valence-corrected chi connectivity index (χ1v) is 10.5. The van der Waals surface area contributed by atoms with E-state index in [1.807, 2.05) is 12.1 Å². The van der Waals surface area contributed by atoms with E-state index in [9.17, 15) is 0 Å². The Bertz CT molecular complexity index is 1110. The predicted molar refractivity (Wildman–Crippen MR) is 124 cm³/mol. The number of allylic oxidation sites excluding steroid dienone is 2. The van der Waals surface area contributed by atoms with E-state index in [2.05, 4.69) is 105 Å². The lowest BCUT2D eigenvalue weighted by Crippen LogP contribution is -2.37. The first kappa shape index (κ1) is 20.2. The molecule has 0 unspecified atom stereocenters. The van der Waals surface area contributed by atoms with Gasteiger partial charge in [-0.3, -0.25) is 0 Å². The molecule has 0 atom stereocenters. The van der Waals surface area contributed by atoms with Crippen LogP contribution in [0.2, 0.25) is 0 Å². The molecule has 2 aromatic carbocycles. The van der Waals surface area contributed by atoms with Crippen molar-refractivity contribution in [3.8, 4) is 5.75 Å². The zero-order valence-electron chi connectivity index (χ0n) is 18.4. The highest BCUT2D eigenvalue weighted by molar-refractivity contribution is 5.85. The molecule has 0 saturated carbocycles. The van der Waals surface area contributed by atoms with Gasteiger partial charge < -0.3 is 14.1 Å². The molecule has 1 aromatic heterocycles. The quantitative estimate of drug-likeness (QED) is 0.446. The molecule has 1 aliphatic heterocycles. The van der Waals surface area contributed by atoms with Gasteiger partial charge in [0.2, 0.25) is 11.4 Å². The molecular formula is C26H31N3O+2. The largest absolute Gasteiger partial charge is 0.439 e. The summed E-state index contributed by atoms with van der Waals surface area (Å²) in [7, 11) is 8.78. The minimum absolute atomic E-state index is 0.889. The standard InChI is InChI=1S/C26H31N3O/c1-27-19-17-21(22-12-5-6-13-23(22)27)11-9-16-26-28(18-10-20-29(2,3)4)24-14-7-8-15-25(24)30-26/h5-9,11-17,19H,10,18,20H2,1-4H3/q+2. The normalized spacial score (nSPS) is 15.2. The molecule has 3 aromatic rings. The van der Waals surface area contributed by atoms with E-state index in [1.165, 1.54) is 16.5 Å². The van der Waals surface area contributed by atoms with Gasteiger partial charge in [-0.05, 0) is 29.8 Å². The number of ether oxygens (including phenoxy) is 1. The van der Waals surface area contributed by atoms with Crippen LogP contribution in [0.3, 0.4) is 0 Å². The molecule has 0 aliphatic carbocycles. The second-order valence-electron chi connectivity index (χ2n) is 8.85.